The van der Waals surface area contributed by atoms with E-state index in [1.165, 1.54) is 0 Å². The highest BCUT2D eigenvalue weighted by Crippen LogP contribution is 2.29. The average molecular weight is 330 g/mol. The number of rotatable bonds is 4. The molecule has 20 heavy (non-hydrogen) atoms. The summed E-state index contributed by atoms with van der Waals surface area (Å²) >= 11 is 3.54. The zero-order chi connectivity index (χ0) is 14.5. The fraction of sp³-hybridized carbons (Fsp3) is 0.188. The van der Waals surface area contributed by atoms with Gasteiger partial charge in [-0.1, -0.05) is 18.2 Å². The van der Waals surface area contributed by atoms with Crippen molar-refractivity contribution >= 4 is 27.3 Å². The molecule has 0 aliphatic carbocycles. The topological polar surface area (TPSA) is 53.0 Å². The van der Waals surface area contributed by atoms with Gasteiger partial charge in [-0.2, -0.15) is 5.26 Å². The molecule has 4 heteroatoms. The normalized spacial score (nSPS) is 10.1. The average Bonchev–Trinajstić information content (AvgIpc) is 2.47. The van der Waals surface area contributed by atoms with Gasteiger partial charge >= 0.3 is 0 Å². The molecule has 0 fully saturated rings. The molecule has 2 aromatic carbocycles. The van der Waals surface area contributed by atoms with Crippen LogP contribution in [-0.2, 0) is 6.54 Å². The van der Waals surface area contributed by atoms with Crippen molar-refractivity contribution < 1.29 is 0 Å². The second-order valence-corrected chi connectivity index (χ2v) is 5.35. The minimum absolute atomic E-state index is 0.649. The van der Waals surface area contributed by atoms with E-state index in [-0.39, 0.29) is 0 Å². The number of hydrogen-bond donors (Lipinski definition) is 1. The molecule has 2 rings (SSSR count). The summed E-state index contributed by atoms with van der Waals surface area (Å²) in [6.07, 6.45) is 0. The molecule has 0 aliphatic heterocycles. The van der Waals surface area contributed by atoms with Gasteiger partial charge < -0.3 is 10.6 Å². The third-order valence-electron chi connectivity index (χ3n) is 3.22. The van der Waals surface area contributed by atoms with Crippen LogP contribution in [0.3, 0.4) is 0 Å². The van der Waals surface area contributed by atoms with E-state index in [0.29, 0.717) is 5.56 Å². The Kier molecular flexibility index (Phi) is 4.65. The summed E-state index contributed by atoms with van der Waals surface area (Å²) in [7, 11) is 0. The number of anilines is 2. The summed E-state index contributed by atoms with van der Waals surface area (Å²) in [4.78, 5) is 2.22. The molecule has 0 saturated heterocycles. The maximum Gasteiger partial charge on any atom is 0.0992 e. The lowest BCUT2D eigenvalue weighted by molar-refractivity contribution is 0.831. The molecule has 0 aliphatic rings. The van der Waals surface area contributed by atoms with E-state index in [4.69, 9.17) is 11.0 Å². The van der Waals surface area contributed by atoms with Gasteiger partial charge in [-0.3, -0.25) is 0 Å². The molecular formula is C16H16BrN3. The SMILES string of the molecule is CCN(Cc1ccccc1N)c1ccc(C#N)cc1Br. The summed E-state index contributed by atoms with van der Waals surface area (Å²) in [5.41, 5.74) is 9.62. The van der Waals surface area contributed by atoms with Crippen molar-refractivity contribution in [1.82, 2.24) is 0 Å². The minimum atomic E-state index is 0.649. The lowest BCUT2D eigenvalue weighted by Gasteiger charge is -2.25. The highest BCUT2D eigenvalue weighted by Gasteiger charge is 2.11. The van der Waals surface area contributed by atoms with Gasteiger partial charge in [-0.15, -0.1) is 0 Å². The molecule has 0 bridgehead atoms. The Labute approximate surface area is 127 Å². The molecule has 0 aromatic heterocycles. The summed E-state index contributed by atoms with van der Waals surface area (Å²) < 4.78 is 0.924. The van der Waals surface area contributed by atoms with Crippen LogP contribution in [-0.4, -0.2) is 6.54 Å². The summed E-state index contributed by atoms with van der Waals surface area (Å²) in [6, 6.07) is 15.7. The lowest BCUT2D eigenvalue weighted by atomic mass is 10.1. The Bertz CT molecular complexity index is 646. The first-order valence-corrected chi connectivity index (χ1v) is 7.23. The Morgan fingerprint density at radius 1 is 1.25 bits per heavy atom. The zero-order valence-electron chi connectivity index (χ0n) is 11.3. The van der Waals surface area contributed by atoms with Crippen molar-refractivity contribution in [2.75, 3.05) is 17.2 Å². The first-order valence-electron chi connectivity index (χ1n) is 6.43. The van der Waals surface area contributed by atoms with E-state index < -0.39 is 0 Å². The van der Waals surface area contributed by atoms with Gasteiger partial charge in [0.05, 0.1) is 17.3 Å². The fourth-order valence-corrected chi connectivity index (χ4v) is 2.71. The van der Waals surface area contributed by atoms with Crippen LogP contribution in [0.2, 0.25) is 0 Å². The quantitative estimate of drug-likeness (QED) is 0.864. The predicted octanol–water partition coefficient (Wildman–Crippen LogP) is 3.93. The number of nitrogens with zero attached hydrogens (tertiary/aromatic N) is 2. The summed E-state index contributed by atoms with van der Waals surface area (Å²) in [5, 5.41) is 8.92. The maximum atomic E-state index is 8.92. The van der Waals surface area contributed by atoms with Gasteiger partial charge in [0.15, 0.2) is 0 Å². The van der Waals surface area contributed by atoms with Crippen molar-refractivity contribution in [3.63, 3.8) is 0 Å². The molecule has 0 amide bonds. The van der Waals surface area contributed by atoms with Crippen LogP contribution in [0, 0.1) is 11.3 Å². The molecule has 102 valence electrons. The number of halogens is 1. The van der Waals surface area contributed by atoms with Gasteiger partial charge in [-0.25, -0.2) is 0 Å². The summed E-state index contributed by atoms with van der Waals surface area (Å²) in [6.45, 7) is 3.70. The highest BCUT2D eigenvalue weighted by molar-refractivity contribution is 9.10. The van der Waals surface area contributed by atoms with Gasteiger partial charge in [-0.05, 0) is 52.7 Å². The van der Waals surface area contributed by atoms with Gasteiger partial charge in [0, 0.05) is 23.2 Å². The smallest absolute Gasteiger partial charge is 0.0992 e. The largest absolute Gasteiger partial charge is 0.398 e. The van der Waals surface area contributed by atoms with Crippen molar-refractivity contribution in [2.24, 2.45) is 0 Å². The van der Waals surface area contributed by atoms with E-state index >= 15 is 0 Å². The van der Waals surface area contributed by atoms with Crippen LogP contribution < -0.4 is 10.6 Å². The molecule has 3 nitrogen and oxygen atoms in total. The van der Waals surface area contributed by atoms with Crippen LogP contribution in [0.1, 0.15) is 18.1 Å². The second-order valence-electron chi connectivity index (χ2n) is 4.49. The van der Waals surface area contributed by atoms with Gasteiger partial charge in [0.1, 0.15) is 0 Å². The Morgan fingerprint density at radius 2 is 2.00 bits per heavy atom. The number of nitrogen functional groups attached to an aromatic ring is 1. The Morgan fingerprint density at radius 3 is 2.60 bits per heavy atom. The first-order chi connectivity index (χ1) is 9.65. The number of nitrogens with two attached hydrogens (primary N) is 1. The standard InChI is InChI=1S/C16H16BrN3/c1-2-20(11-13-5-3-4-6-15(13)19)16-8-7-12(10-18)9-14(16)17/h3-9H,2,11,19H2,1H3. The van der Waals surface area contributed by atoms with E-state index in [0.717, 1.165) is 34.5 Å². The van der Waals surface area contributed by atoms with Crippen molar-refractivity contribution in [1.29, 1.82) is 5.26 Å². The van der Waals surface area contributed by atoms with Crippen molar-refractivity contribution in [2.45, 2.75) is 13.5 Å². The maximum absolute atomic E-state index is 8.92. The first kappa shape index (κ1) is 14.4. The second kappa shape index (κ2) is 6.44. The van der Waals surface area contributed by atoms with E-state index in [2.05, 4.69) is 33.8 Å². The molecule has 0 heterocycles. The number of nitriles is 1. The molecular weight excluding hydrogens is 314 g/mol. The Hall–Kier alpha value is -1.99. The molecule has 0 spiro atoms. The van der Waals surface area contributed by atoms with Gasteiger partial charge in [0.25, 0.3) is 0 Å². The van der Waals surface area contributed by atoms with Crippen LogP contribution in [0.4, 0.5) is 11.4 Å². The molecule has 2 N–H and O–H groups in total. The monoisotopic (exact) mass is 329 g/mol. The van der Waals surface area contributed by atoms with Crippen molar-refractivity contribution in [3.05, 3.63) is 58.1 Å². The van der Waals surface area contributed by atoms with E-state index in [9.17, 15) is 0 Å². The molecule has 0 radical (unpaired) electrons. The number of para-hydroxylation sites is 1. The molecule has 0 atom stereocenters. The predicted molar refractivity (Wildman–Crippen MR) is 86.4 cm³/mol. The third-order valence-corrected chi connectivity index (χ3v) is 3.85. The zero-order valence-corrected chi connectivity index (χ0v) is 12.9. The third kappa shape index (κ3) is 3.12. The van der Waals surface area contributed by atoms with Gasteiger partial charge in [0.2, 0.25) is 0 Å². The minimum Gasteiger partial charge on any atom is -0.398 e. The van der Waals surface area contributed by atoms with Crippen LogP contribution >= 0.6 is 15.9 Å². The highest BCUT2D eigenvalue weighted by atomic mass is 79.9. The molecule has 2 aromatic rings. The lowest BCUT2D eigenvalue weighted by Crippen LogP contribution is -2.23. The van der Waals surface area contributed by atoms with Crippen molar-refractivity contribution in [3.8, 4) is 6.07 Å². The molecule has 0 saturated carbocycles. The van der Waals surface area contributed by atoms with E-state index in [1.54, 1.807) is 0 Å². The number of benzene rings is 2. The van der Waals surface area contributed by atoms with Crippen LogP contribution in [0.15, 0.2) is 46.9 Å². The summed E-state index contributed by atoms with van der Waals surface area (Å²) in [5.74, 6) is 0. The van der Waals surface area contributed by atoms with Crippen LogP contribution in [0.5, 0.6) is 0 Å². The van der Waals surface area contributed by atoms with E-state index in [1.807, 2.05) is 42.5 Å². The Balaban J connectivity index is 2.29. The number of hydrogen-bond acceptors (Lipinski definition) is 3. The molecule has 0 unspecified atom stereocenters. The fourth-order valence-electron chi connectivity index (χ4n) is 2.08. The van der Waals surface area contributed by atoms with Crippen LogP contribution in [0.25, 0.3) is 0 Å².